The molecule has 1 rings (SSSR count). The lowest BCUT2D eigenvalue weighted by molar-refractivity contribution is -0.134. The molecule has 1 aromatic carbocycles. The van der Waals surface area contributed by atoms with Crippen LogP contribution in [0.3, 0.4) is 0 Å². The molecule has 0 bridgehead atoms. The first-order chi connectivity index (χ1) is 12.5. The molecule has 0 saturated heterocycles. The minimum absolute atomic E-state index is 0.0571. The maximum Gasteiger partial charge on any atom is 0.254 e. The Morgan fingerprint density at radius 3 is 2.07 bits per heavy atom. The maximum atomic E-state index is 12.9. The van der Waals surface area contributed by atoms with Crippen molar-refractivity contribution in [2.24, 2.45) is 11.3 Å². The molecule has 27 heavy (non-hydrogen) atoms. The molecule has 0 aliphatic heterocycles. The van der Waals surface area contributed by atoms with Gasteiger partial charge in [-0.2, -0.15) is 0 Å². The fraction of sp³-hybridized carbons (Fsp3) is 0.571. The number of hydrogen-bond acceptors (Lipinski definition) is 3. The Balaban J connectivity index is 3.08. The number of benzene rings is 1. The number of anilines is 1. The molecule has 0 aromatic heterocycles. The number of likely N-dealkylation sites (N-methyl/N-ethyl adjacent to an activating group) is 1. The molecule has 0 aliphatic rings. The van der Waals surface area contributed by atoms with Crippen molar-refractivity contribution < 1.29 is 14.4 Å². The van der Waals surface area contributed by atoms with E-state index < -0.39 is 11.5 Å². The average Bonchev–Trinajstić information content (AvgIpc) is 2.59. The van der Waals surface area contributed by atoms with E-state index in [1.807, 2.05) is 48.5 Å². The van der Waals surface area contributed by atoms with E-state index in [1.54, 1.807) is 29.2 Å². The van der Waals surface area contributed by atoms with Gasteiger partial charge in [0.25, 0.3) is 5.91 Å². The van der Waals surface area contributed by atoms with Crippen LogP contribution in [0.5, 0.6) is 0 Å². The van der Waals surface area contributed by atoms with Crippen molar-refractivity contribution in [2.75, 3.05) is 18.4 Å². The second-order valence-electron chi connectivity index (χ2n) is 7.96. The van der Waals surface area contributed by atoms with Gasteiger partial charge in [0.2, 0.25) is 11.8 Å². The summed E-state index contributed by atoms with van der Waals surface area (Å²) in [7, 11) is 0. The summed E-state index contributed by atoms with van der Waals surface area (Å²) in [4.78, 5) is 39.6. The number of hydrogen-bond donors (Lipinski definition) is 2. The smallest absolute Gasteiger partial charge is 0.254 e. The third-order valence-corrected chi connectivity index (χ3v) is 4.40. The highest BCUT2D eigenvalue weighted by Gasteiger charge is 2.29. The third kappa shape index (κ3) is 6.08. The quantitative estimate of drug-likeness (QED) is 0.767. The zero-order valence-electron chi connectivity index (χ0n) is 17.6. The molecule has 0 spiro atoms. The van der Waals surface area contributed by atoms with Gasteiger partial charge in [0.15, 0.2) is 0 Å². The summed E-state index contributed by atoms with van der Waals surface area (Å²) in [6, 6.07) is 6.21. The minimum Gasteiger partial charge on any atom is -0.341 e. The van der Waals surface area contributed by atoms with E-state index in [2.05, 4.69) is 10.6 Å². The van der Waals surface area contributed by atoms with Crippen molar-refractivity contribution in [1.29, 1.82) is 0 Å². The number of carbonyl (C=O) groups excluding carboxylic acids is 3. The Hall–Kier alpha value is -2.37. The lowest BCUT2D eigenvalue weighted by Gasteiger charge is -2.28. The molecule has 0 unspecified atom stereocenters. The van der Waals surface area contributed by atoms with E-state index in [0.717, 1.165) is 0 Å². The van der Waals surface area contributed by atoms with Gasteiger partial charge in [0, 0.05) is 18.5 Å². The van der Waals surface area contributed by atoms with Gasteiger partial charge in [-0.15, -0.1) is 0 Å². The van der Waals surface area contributed by atoms with Crippen LogP contribution in [0.4, 0.5) is 5.69 Å². The van der Waals surface area contributed by atoms with E-state index in [1.165, 1.54) is 0 Å². The zero-order valence-corrected chi connectivity index (χ0v) is 17.6. The van der Waals surface area contributed by atoms with Crippen LogP contribution < -0.4 is 10.6 Å². The Labute approximate surface area is 162 Å². The van der Waals surface area contributed by atoms with E-state index in [-0.39, 0.29) is 23.6 Å². The van der Waals surface area contributed by atoms with Gasteiger partial charge in [-0.05, 0) is 31.9 Å². The second-order valence-corrected chi connectivity index (χ2v) is 7.96. The molecule has 6 nitrogen and oxygen atoms in total. The van der Waals surface area contributed by atoms with Crippen molar-refractivity contribution >= 4 is 23.4 Å². The fourth-order valence-corrected chi connectivity index (χ4v) is 2.56. The molecule has 0 radical (unpaired) electrons. The summed E-state index contributed by atoms with van der Waals surface area (Å²) in [6.07, 6.45) is 0. The van der Waals surface area contributed by atoms with Gasteiger partial charge in [0.1, 0.15) is 6.04 Å². The van der Waals surface area contributed by atoms with E-state index in [9.17, 15) is 14.4 Å². The largest absolute Gasteiger partial charge is 0.341 e. The minimum atomic E-state index is -0.622. The number of nitrogens with zero attached hydrogens (tertiary/aromatic N) is 1. The van der Waals surface area contributed by atoms with Gasteiger partial charge in [-0.1, -0.05) is 46.8 Å². The number of rotatable bonds is 7. The third-order valence-electron chi connectivity index (χ3n) is 4.40. The lowest BCUT2D eigenvalue weighted by Crippen LogP contribution is -2.51. The van der Waals surface area contributed by atoms with Gasteiger partial charge in [-0.3, -0.25) is 14.4 Å². The molecule has 0 fully saturated rings. The summed E-state index contributed by atoms with van der Waals surface area (Å²) in [6.45, 7) is 14.2. The number of amides is 3. The van der Waals surface area contributed by atoms with Gasteiger partial charge >= 0.3 is 0 Å². The Bertz CT molecular complexity index is 673. The van der Waals surface area contributed by atoms with Crippen LogP contribution in [0.15, 0.2) is 24.3 Å². The first-order valence-corrected chi connectivity index (χ1v) is 9.53. The van der Waals surface area contributed by atoms with Crippen LogP contribution in [0, 0.1) is 11.3 Å². The molecule has 3 amide bonds. The maximum absolute atomic E-state index is 12.9. The molecule has 150 valence electrons. The van der Waals surface area contributed by atoms with Crippen LogP contribution >= 0.6 is 0 Å². The van der Waals surface area contributed by atoms with Crippen molar-refractivity contribution in [1.82, 2.24) is 10.2 Å². The van der Waals surface area contributed by atoms with Gasteiger partial charge in [-0.25, -0.2) is 0 Å². The van der Waals surface area contributed by atoms with Gasteiger partial charge < -0.3 is 15.5 Å². The average molecular weight is 376 g/mol. The van der Waals surface area contributed by atoms with Crippen molar-refractivity contribution in [2.45, 2.75) is 54.5 Å². The lowest BCUT2D eigenvalue weighted by atomic mass is 9.95. The number of para-hydroxylation sites is 1. The first-order valence-electron chi connectivity index (χ1n) is 9.53. The molecule has 6 heteroatoms. The highest BCUT2D eigenvalue weighted by molar-refractivity contribution is 6.05. The normalized spacial score (nSPS) is 12.4. The summed E-state index contributed by atoms with van der Waals surface area (Å²) >= 11 is 0. The summed E-state index contributed by atoms with van der Waals surface area (Å²) in [5.74, 6) is -0.709. The number of nitrogens with one attached hydrogen (secondary N) is 2. The van der Waals surface area contributed by atoms with Gasteiger partial charge in [0.05, 0.1) is 11.3 Å². The van der Waals surface area contributed by atoms with E-state index in [0.29, 0.717) is 24.3 Å². The van der Waals surface area contributed by atoms with Crippen molar-refractivity contribution in [3.8, 4) is 0 Å². The molecule has 1 aromatic rings. The molecule has 0 saturated carbocycles. The van der Waals surface area contributed by atoms with Crippen molar-refractivity contribution in [3.05, 3.63) is 29.8 Å². The topological polar surface area (TPSA) is 78.5 Å². The summed E-state index contributed by atoms with van der Waals surface area (Å²) < 4.78 is 0. The highest BCUT2D eigenvalue weighted by Crippen LogP contribution is 2.21. The molecular weight excluding hydrogens is 342 g/mol. The molecule has 0 heterocycles. The Morgan fingerprint density at radius 1 is 1.04 bits per heavy atom. The fourth-order valence-electron chi connectivity index (χ4n) is 2.56. The summed E-state index contributed by atoms with van der Waals surface area (Å²) in [5, 5.41) is 5.67. The van der Waals surface area contributed by atoms with E-state index >= 15 is 0 Å². The molecular formula is C21H33N3O3. The number of carbonyl (C=O) groups is 3. The monoisotopic (exact) mass is 375 g/mol. The van der Waals surface area contributed by atoms with Crippen LogP contribution in [0.1, 0.15) is 58.8 Å². The highest BCUT2D eigenvalue weighted by atomic mass is 16.2. The van der Waals surface area contributed by atoms with Crippen LogP contribution in [0.2, 0.25) is 0 Å². The first kappa shape index (κ1) is 22.7. The predicted octanol–water partition coefficient (Wildman–Crippen LogP) is 3.29. The second kappa shape index (κ2) is 9.53. The molecule has 0 aliphatic carbocycles. The van der Waals surface area contributed by atoms with Crippen LogP contribution in [0.25, 0.3) is 0 Å². The van der Waals surface area contributed by atoms with Crippen LogP contribution in [-0.4, -0.2) is 41.8 Å². The van der Waals surface area contributed by atoms with E-state index in [4.69, 9.17) is 0 Å². The standard InChI is InChI=1S/C21H33N3O3/c1-8-24(9-2)19(26)17(14(3)4)23-18(25)15-12-10-11-13-16(15)22-20(27)21(5,6)7/h10-14,17H,8-9H2,1-7H3,(H,22,27)(H,23,25)/t17-/m0/s1. The Morgan fingerprint density at radius 2 is 1.59 bits per heavy atom. The van der Waals surface area contributed by atoms with Crippen molar-refractivity contribution in [3.63, 3.8) is 0 Å². The Kier molecular flexibility index (Phi) is 8.00. The van der Waals surface area contributed by atoms with Crippen LogP contribution in [-0.2, 0) is 9.59 Å². The summed E-state index contributed by atoms with van der Waals surface area (Å²) in [5.41, 5.74) is 0.198. The predicted molar refractivity (Wildman–Crippen MR) is 109 cm³/mol. The zero-order chi connectivity index (χ0) is 20.8. The molecule has 2 N–H and O–H groups in total. The molecule has 1 atom stereocenters. The SMILES string of the molecule is CCN(CC)C(=O)[C@@H](NC(=O)c1ccccc1NC(=O)C(C)(C)C)C(C)C.